The van der Waals surface area contributed by atoms with Gasteiger partial charge in [0.2, 0.25) is 0 Å². The Morgan fingerprint density at radius 3 is 1.79 bits per heavy atom. The highest BCUT2D eigenvalue weighted by atomic mass is 35.5. The van der Waals surface area contributed by atoms with Crippen LogP contribution in [0.3, 0.4) is 0 Å². The lowest BCUT2D eigenvalue weighted by Crippen LogP contribution is -2.44. The molecule has 4 nitrogen and oxygen atoms in total. The molecule has 5 heteroatoms. The van der Waals surface area contributed by atoms with E-state index in [2.05, 4.69) is 6.92 Å². The van der Waals surface area contributed by atoms with E-state index in [-0.39, 0.29) is 17.7 Å². The molecule has 0 aromatic carbocycles. The summed E-state index contributed by atoms with van der Waals surface area (Å²) in [6.45, 7) is 2.22. The maximum atomic E-state index is 12.2. The number of Topliss-reactive ketones (excluding diaryl/α,β-unsaturated/α-hetero) is 1. The van der Waals surface area contributed by atoms with Crippen LogP contribution in [0.15, 0.2) is 0 Å². The molecule has 2 atom stereocenters. The van der Waals surface area contributed by atoms with E-state index in [4.69, 9.17) is 11.6 Å². The van der Waals surface area contributed by atoms with Crippen molar-refractivity contribution < 1.29 is 19.2 Å². The fourth-order valence-electron chi connectivity index (χ4n) is 2.66. The molecular weight excluding hydrogens is 326 g/mol. The molecule has 0 amide bonds. The van der Waals surface area contributed by atoms with E-state index in [0.29, 0.717) is 10.9 Å². The van der Waals surface area contributed by atoms with Crippen molar-refractivity contribution in [3.8, 4) is 0 Å². The van der Waals surface area contributed by atoms with Crippen LogP contribution < -0.4 is 0 Å². The number of rotatable bonds is 15. The summed E-state index contributed by atoms with van der Waals surface area (Å²) in [5.74, 6) is -2.20. The summed E-state index contributed by atoms with van der Waals surface area (Å²) in [6.07, 6.45) is 11.2. The van der Waals surface area contributed by atoms with Crippen LogP contribution in [-0.4, -0.2) is 48.0 Å². The monoisotopic (exact) mass is 362 g/mol. The van der Waals surface area contributed by atoms with Gasteiger partial charge < -0.3 is 9.59 Å². The zero-order valence-corrected chi connectivity index (χ0v) is 16.8. The van der Waals surface area contributed by atoms with E-state index in [1.165, 1.54) is 38.5 Å². The number of nitrogens with zero attached hydrogens (tertiary/aromatic N) is 1. The smallest absolute Gasteiger partial charge is 0.314 e. The van der Waals surface area contributed by atoms with Crippen molar-refractivity contribution in [2.24, 2.45) is 5.92 Å². The molecule has 0 fully saturated rings. The summed E-state index contributed by atoms with van der Waals surface area (Å²) in [7, 11) is 5.71. The van der Waals surface area contributed by atoms with Gasteiger partial charge in [0.1, 0.15) is 11.7 Å². The first-order chi connectivity index (χ1) is 11.2. The molecule has 0 spiro atoms. The molecule has 24 heavy (non-hydrogen) atoms. The lowest BCUT2D eigenvalue weighted by molar-refractivity contribution is -0.883. The zero-order valence-electron chi connectivity index (χ0n) is 16.0. The molecule has 0 bridgehead atoms. The van der Waals surface area contributed by atoms with E-state index in [1.807, 2.05) is 21.1 Å². The van der Waals surface area contributed by atoms with Gasteiger partial charge in [-0.25, -0.2) is 0 Å². The van der Waals surface area contributed by atoms with Gasteiger partial charge in [0.05, 0.1) is 21.1 Å². The third-order valence-corrected chi connectivity index (χ3v) is 5.25. The number of unbranched alkanes of at least 4 members (excludes halogenated alkanes) is 8. The maximum Gasteiger partial charge on any atom is 0.314 e. The topological polar surface area (TPSA) is 54.4 Å². The molecule has 0 rings (SSSR count). The first-order valence-electron chi connectivity index (χ1n) is 9.40. The minimum atomic E-state index is -1.05. The molecule has 0 aliphatic rings. The molecule has 0 saturated heterocycles. The highest BCUT2D eigenvalue weighted by Gasteiger charge is 2.33. The van der Waals surface area contributed by atoms with Gasteiger partial charge in [0, 0.05) is 12.8 Å². The van der Waals surface area contributed by atoms with Crippen molar-refractivity contribution in [3.63, 3.8) is 0 Å². The number of alkyl halides is 1. The van der Waals surface area contributed by atoms with Crippen LogP contribution in [0.4, 0.5) is 0 Å². The summed E-state index contributed by atoms with van der Waals surface area (Å²) in [6, 6.07) is 0. The van der Waals surface area contributed by atoms with E-state index >= 15 is 0 Å². The number of hydrogen-bond donors (Lipinski definition) is 1. The molecule has 0 saturated carbocycles. The summed E-state index contributed by atoms with van der Waals surface area (Å²) in [5, 5.41) is 9.32. The third-order valence-electron chi connectivity index (χ3n) is 4.48. The SMILES string of the molecule is CCCCCCCCCCCC(=O)[C@@H](C[C@H](Cl)[N+](C)(C)C)C(=O)O. The number of hydrogen-bond acceptors (Lipinski definition) is 2. The summed E-state index contributed by atoms with van der Waals surface area (Å²) in [5.41, 5.74) is -0.377. The fraction of sp³-hybridized carbons (Fsp3) is 0.895. The largest absolute Gasteiger partial charge is 0.481 e. The highest BCUT2D eigenvalue weighted by molar-refractivity contribution is 6.20. The number of carboxylic acid groups (broad SMARTS) is 1. The minimum Gasteiger partial charge on any atom is -0.481 e. The van der Waals surface area contributed by atoms with Gasteiger partial charge in [-0.1, -0.05) is 69.9 Å². The number of ketones is 1. The second kappa shape index (κ2) is 12.7. The van der Waals surface area contributed by atoms with Crippen molar-refractivity contribution in [3.05, 3.63) is 0 Å². The Balaban J connectivity index is 3.99. The van der Waals surface area contributed by atoms with Gasteiger partial charge in [0.25, 0.3) is 0 Å². The lowest BCUT2D eigenvalue weighted by Gasteiger charge is -2.30. The Morgan fingerprint density at radius 2 is 1.38 bits per heavy atom. The van der Waals surface area contributed by atoms with E-state index in [1.54, 1.807) is 0 Å². The van der Waals surface area contributed by atoms with Crippen LogP contribution in [0.5, 0.6) is 0 Å². The second-order valence-electron chi connectivity index (χ2n) is 7.72. The predicted molar refractivity (Wildman–Crippen MR) is 100 cm³/mol. The van der Waals surface area contributed by atoms with Gasteiger partial charge in [-0.3, -0.25) is 9.59 Å². The molecule has 0 aromatic heterocycles. The summed E-state index contributed by atoms with van der Waals surface area (Å²) < 4.78 is 0.441. The van der Waals surface area contributed by atoms with Gasteiger partial charge in [-0.15, -0.1) is 0 Å². The Hall–Kier alpha value is -0.610. The van der Waals surface area contributed by atoms with Gasteiger partial charge >= 0.3 is 5.97 Å². The number of carboxylic acids is 1. The van der Waals surface area contributed by atoms with Crippen LogP contribution in [0.1, 0.15) is 77.6 Å². The average molecular weight is 363 g/mol. The van der Waals surface area contributed by atoms with Crippen LogP contribution in [0.2, 0.25) is 0 Å². The average Bonchev–Trinajstić information content (AvgIpc) is 2.49. The van der Waals surface area contributed by atoms with Crippen molar-refractivity contribution in [1.29, 1.82) is 0 Å². The van der Waals surface area contributed by atoms with Crippen LogP contribution in [0, 0.1) is 5.92 Å². The number of aliphatic carboxylic acids is 1. The van der Waals surface area contributed by atoms with Crippen molar-refractivity contribution in [2.45, 2.75) is 83.1 Å². The number of carbonyl (C=O) groups excluding carboxylic acids is 1. The Labute approximate surface area is 153 Å². The normalized spacial score (nSPS) is 14.4. The van der Waals surface area contributed by atoms with E-state index < -0.39 is 11.9 Å². The summed E-state index contributed by atoms with van der Waals surface area (Å²) >= 11 is 6.25. The number of halogens is 1. The van der Waals surface area contributed by atoms with Crippen LogP contribution >= 0.6 is 11.6 Å². The second-order valence-corrected chi connectivity index (χ2v) is 8.23. The number of quaternary nitrogens is 1. The molecule has 142 valence electrons. The first kappa shape index (κ1) is 23.4. The van der Waals surface area contributed by atoms with Gasteiger partial charge in [0.15, 0.2) is 5.50 Å². The van der Waals surface area contributed by atoms with Gasteiger partial charge in [-0.2, -0.15) is 0 Å². The Kier molecular flexibility index (Phi) is 12.4. The van der Waals surface area contributed by atoms with Gasteiger partial charge in [-0.05, 0) is 6.42 Å². The number of carbonyl (C=O) groups is 2. The molecule has 0 aliphatic carbocycles. The van der Waals surface area contributed by atoms with Crippen molar-refractivity contribution in [2.75, 3.05) is 21.1 Å². The lowest BCUT2D eigenvalue weighted by atomic mass is 9.95. The zero-order chi connectivity index (χ0) is 18.6. The maximum absolute atomic E-state index is 12.2. The Morgan fingerprint density at radius 1 is 0.917 bits per heavy atom. The van der Waals surface area contributed by atoms with E-state index in [0.717, 1.165) is 19.3 Å². The van der Waals surface area contributed by atoms with E-state index in [9.17, 15) is 14.7 Å². The van der Waals surface area contributed by atoms with Crippen LogP contribution in [-0.2, 0) is 9.59 Å². The molecule has 0 aromatic rings. The van der Waals surface area contributed by atoms with Crippen molar-refractivity contribution in [1.82, 2.24) is 0 Å². The molecule has 0 unspecified atom stereocenters. The molecule has 0 radical (unpaired) electrons. The summed E-state index contributed by atoms with van der Waals surface area (Å²) in [4.78, 5) is 23.6. The quantitative estimate of drug-likeness (QED) is 0.149. The van der Waals surface area contributed by atoms with Crippen LogP contribution in [0.25, 0.3) is 0 Å². The molecule has 1 N–H and O–H groups in total. The standard InChI is InChI=1S/C19H36ClNO3/c1-5-6-7-8-9-10-11-12-13-14-17(22)16(19(23)24)15-18(20)21(2,3)4/h16,18H,5-15H2,1-4H3/p+1/t16-,18-/m1/s1. The third kappa shape index (κ3) is 11.0. The Bertz CT molecular complexity index is 366. The van der Waals surface area contributed by atoms with Crippen molar-refractivity contribution >= 4 is 23.4 Å². The molecular formula is C19H37ClNO3+. The molecule has 0 aliphatic heterocycles. The highest BCUT2D eigenvalue weighted by Crippen LogP contribution is 2.21. The molecule has 0 heterocycles. The predicted octanol–water partition coefficient (Wildman–Crippen LogP) is 4.84. The minimum absolute atomic E-state index is 0.176. The first-order valence-corrected chi connectivity index (χ1v) is 9.84. The fourth-order valence-corrected chi connectivity index (χ4v) is 2.84.